The second-order valence-electron chi connectivity index (χ2n) is 7.71. The number of hydrogen-bond acceptors (Lipinski definition) is 7. The number of aryl methyl sites for hydroxylation is 2. The van der Waals surface area contributed by atoms with Crippen LogP contribution in [0.25, 0.3) is 10.2 Å². The average Bonchev–Trinajstić information content (AvgIpc) is 3.27. The predicted octanol–water partition coefficient (Wildman–Crippen LogP) is 2.59. The van der Waals surface area contributed by atoms with E-state index in [0.717, 1.165) is 36.1 Å². The summed E-state index contributed by atoms with van der Waals surface area (Å²) in [6, 6.07) is 5.33. The lowest BCUT2D eigenvalue weighted by Gasteiger charge is -2.20. The summed E-state index contributed by atoms with van der Waals surface area (Å²) in [5.74, 6) is -1.56. The maximum atomic E-state index is 12.6. The van der Waals surface area contributed by atoms with E-state index < -0.39 is 23.8 Å². The molecule has 0 radical (unpaired) electrons. The molecule has 2 aromatic heterocycles. The van der Waals surface area contributed by atoms with Crippen molar-refractivity contribution in [1.29, 1.82) is 0 Å². The molecule has 0 saturated heterocycles. The molecule has 3 aromatic rings. The Hall–Kier alpha value is -3.33. The van der Waals surface area contributed by atoms with Gasteiger partial charge in [-0.3, -0.25) is 19.3 Å². The second-order valence-corrected chi connectivity index (χ2v) is 8.80. The van der Waals surface area contributed by atoms with Crippen LogP contribution < -0.4 is 5.56 Å². The Kier molecular flexibility index (Phi) is 4.70. The molecule has 31 heavy (non-hydrogen) atoms. The highest BCUT2D eigenvalue weighted by molar-refractivity contribution is 7.18. The fourth-order valence-electron chi connectivity index (χ4n) is 4.20. The van der Waals surface area contributed by atoms with Gasteiger partial charge in [0.15, 0.2) is 0 Å². The molecule has 1 atom stereocenters. The quantitative estimate of drug-likeness (QED) is 0.496. The number of imide groups is 1. The van der Waals surface area contributed by atoms with Crippen molar-refractivity contribution in [3.63, 3.8) is 0 Å². The Labute approximate surface area is 180 Å². The van der Waals surface area contributed by atoms with E-state index >= 15 is 0 Å². The molecule has 8 nitrogen and oxygen atoms in total. The Morgan fingerprint density at radius 3 is 2.55 bits per heavy atom. The smallest absolute Gasteiger partial charge is 0.329 e. The Bertz CT molecular complexity index is 1270. The predicted molar refractivity (Wildman–Crippen MR) is 113 cm³/mol. The third-order valence-corrected chi connectivity index (χ3v) is 6.96. The van der Waals surface area contributed by atoms with E-state index in [2.05, 4.69) is 9.97 Å². The second kappa shape index (κ2) is 7.42. The summed E-state index contributed by atoms with van der Waals surface area (Å²) >= 11 is 1.51. The van der Waals surface area contributed by atoms with Crippen LogP contribution in [0.1, 0.15) is 56.7 Å². The monoisotopic (exact) mass is 437 g/mol. The van der Waals surface area contributed by atoms with Crippen LogP contribution in [0.15, 0.2) is 29.1 Å². The SMILES string of the molecule is C[C@H](C(=O)OCc1nc2sc3c(c2c(=O)[nH]1)CCCC3)N1C(=O)c2ccccc2C1=O. The molecule has 9 heteroatoms. The lowest BCUT2D eigenvalue weighted by atomic mass is 9.97. The first kappa shape index (κ1) is 19.6. The van der Waals surface area contributed by atoms with E-state index in [-0.39, 0.29) is 29.1 Å². The minimum atomic E-state index is -1.10. The summed E-state index contributed by atoms with van der Waals surface area (Å²) < 4.78 is 5.29. The molecule has 1 aliphatic heterocycles. The zero-order chi connectivity index (χ0) is 21.7. The lowest BCUT2D eigenvalue weighted by molar-refractivity contribution is -0.149. The van der Waals surface area contributed by atoms with E-state index in [1.807, 2.05) is 0 Å². The summed E-state index contributed by atoms with van der Waals surface area (Å²) in [5.41, 5.74) is 1.39. The van der Waals surface area contributed by atoms with Gasteiger partial charge in [0.1, 0.15) is 23.3 Å². The number of nitrogens with zero attached hydrogens (tertiary/aromatic N) is 2. The van der Waals surface area contributed by atoms with E-state index in [0.29, 0.717) is 10.2 Å². The number of fused-ring (bicyclic) bond motifs is 4. The number of nitrogens with one attached hydrogen (secondary N) is 1. The highest BCUT2D eigenvalue weighted by Crippen LogP contribution is 2.33. The number of carbonyl (C=O) groups excluding carboxylic acids is 3. The molecule has 5 rings (SSSR count). The first-order valence-corrected chi connectivity index (χ1v) is 10.9. The van der Waals surface area contributed by atoms with E-state index in [1.54, 1.807) is 24.3 Å². The molecule has 0 saturated carbocycles. The fraction of sp³-hybridized carbons (Fsp3) is 0.318. The molecule has 1 aliphatic carbocycles. The van der Waals surface area contributed by atoms with Gasteiger partial charge in [0.25, 0.3) is 17.4 Å². The first-order valence-electron chi connectivity index (χ1n) is 10.1. The molecule has 0 fully saturated rings. The fourth-order valence-corrected chi connectivity index (χ4v) is 5.48. The number of hydrogen-bond donors (Lipinski definition) is 1. The number of esters is 1. The van der Waals surface area contributed by atoms with Crippen molar-refractivity contribution >= 4 is 39.3 Å². The maximum Gasteiger partial charge on any atom is 0.329 e. The van der Waals surface area contributed by atoms with Crippen LogP contribution >= 0.6 is 11.3 Å². The van der Waals surface area contributed by atoms with Gasteiger partial charge >= 0.3 is 5.97 Å². The number of aromatic nitrogens is 2. The van der Waals surface area contributed by atoms with Crippen LogP contribution in [0.4, 0.5) is 0 Å². The van der Waals surface area contributed by atoms with Gasteiger partial charge in [-0.2, -0.15) is 0 Å². The third-order valence-electron chi connectivity index (χ3n) is 5.78. The van der Waals surface area contributed by atoms with Crippen molar-refractivity contribution < 1.29 is 19.1 Å². The minimum Gasteiger partial charge on any atom is -0.456 e. The Morgan fingerprint density at radius 2 is 1.84 bits per heavy atom. The van der Waals surface area contributed by atoms with Crippen molar-refractivity contribution in [3.05, 3.63) is 62.0 Å². The van der Waals surface area contributed by atoms with Crippen molar-refractivity contribution in [2.24, 2.45) is 0 Å². The van der Waals surface area contributed by atoms with Crippen molar-refractivity contribution in [2.45, 2.75) is 45.3 Å². The van der Waals surface area contributed by atoms with E-state index in [9.17, 15) is 19.2 Å². The van der Waals surface area contributed by atoms with Crippen LogP contribution in [0.2, 0.25) is 0 Å². The number of H-pyrrole nitrogens is 1. The standard InChI is InChI=1S/C22H19N3O5S/c1-11(25-20(27)12-6-2-3-7-13(12)21(25)28)22(29)30-10-16-23-18(26)17-14-8-4-5-9-15(14)31-19(17)24-16/h2-3,6-7,11H,4-5,8-10H2,1H3,(H,23,24,26)/t11-/m1/s1. The largest absolute Gasteiger partial charge is 0.456 e. The average molecular weight is 437 g/mol. The summed E-state index contributed by atoms with van der Waals surface area (Å²) in [7, 11) is 0. The molecule has 1 aromatic carbocycles. The third kappa shape index (κ3) is 3.16. The van der Waals surface area contributed by atoms with Gasteiger partial charge in [-0.25, -0.2) is 9.78 Å². The van der Waals surface area contributed by atoms with Gasteiger partial charge in [0.05, 0.1) is 16.5 Å². The normalized spacial score (nSPS) is 16.4. The number of rotatable bonds is 4. The Morgan fingerprint density at radius 1 is 1.16 bits per heavy atom. The molecule has 1 N–H and O–H groups in total. The molecule has 0 spiro atoms. The number of thiophene rings is 1. The summed E-state index contributed by atoms with van der Waals surface area (Å²) in [6.07, 6.45) is 4.01. The van der Waals surface area contributed by atoms with Gasteiger partial charge in [-0.15, -0.1) is 11.3 Å². The summed E-state index contributed by atoms with van der Waals surface area (Å²) in [6.45, 7) is 1.19. The van der Waals surface area contributed by atoms with Crippen molar-refractivity contribution in [2.75, 3.05) is 0 Å². The molecular weight excluding hydrogens is 418 g/mol. The number of ether oxygens (including phenoxy) is 1. The number of aromatic amines is 1. The molecule has 3 heterocycles. The van der Waals surface area contributed by atoms with E-state index in [4.69, 9.17) is 4.74 Å². The van der Waals surface area contributed by atoms with Gasteiger partial charge in [-0.1, -0.05) is 12.1 Å². The van der Waals surface area contributed by atoms with Crippen molar-refractivity contribution in [3.8, 4) is 0 Å². The Balaban J connectivity index is 1.33. The molecule has 158 valence electrons. The van der Waals surface area contributed by atoms with Crippen LogP contribution in [-0.2, 0) is 29.0 Å². The molecule has 0 bridgehead atoms. The van der Waals surface area contributed by atoms with Crippen LogP contribution in [0.3, 0.4) is 0 Å². The zero-order valence-corrected chi connectivity index (χ0v) is 17.6. The molecular formula is C22H19N3O5S. The van der Waals surface area contributed by atoms with Crippen LogP contribution in [0.5, 0.6) is 0 Å². The van der Waals surface area contributed by atoms with E-state index in [1.165, 1.54) is 23.1 Å². The summed E-state index contributed by atoms with van der Waals surface area (Å²) in [5, 5.41) is 0.633. The van der Waals surface area contributed by atoms with Crippen LogP contribution in [-0.4, -0.2) is 38.7 Å². The van der Waals surface area contributed by atoms with Gasteiger partial charge < -0.3 is 9.72 Å². The molecule has 2 amide bonds. The highest BCUT2D eigenvalue weighted by Gasteiger charge is 2.41. The van der Waals surface area contributed by atoms with Crippen molar-refractivity contribution in [1.82, 2.24) is 14.9 Å². The minimum absolute atomic E-state index is 0.233. The van der Waals surface area contributed by atoms with Gasteiger partial charge in [0, 0.05) is 4.88 Å². The van der Waals surface area contributed by atoms with Gasteiger partial charge in [0.2, 0.25) is 0 Å². The zero-order valence-electron chi connectivity index (χ0n) is 16.8. The molecule has 2 aliphatic rings. The number of benzene rings is 1. The first-order chi connectivity index (χ1) is 15.0. The van der Waals surface area contributed by atoms with Gasteiger partial charge in [-0.05, 0) is 50.3 Å². The summed E-state index contributed by atoms with van der Waals surface area (Å²) in [4.78, 5) is 60.2. The van der Waals surface area contributed by atoms with Crippen LogP contribution in [0, 0.1) is 0 Å². The topological polar surface area (TPSA) is 109 Å². The number of carbonyl (C=O) groups is 3. The number of amides is 2. The maximum absolute atomic E-state index is 12.6. The lowest BCUT2D eigenvalue weighted by Crippen LogP contribution is -2.43. The molecule has 0 unspecified atom stereocenters. The highest BCUT2D eigenvalue weighted by atomic mass is 32.1.